The van der Waals surface area contributed by atoms with Gasteiger partial charge in [0.05, 0.1) is 28.3 Å². The Morgan fingerprint density at radius 2 is 1.11 bits per heavy atom. The molecule has 208 valence electrons. The lowest BCUT2D eigenvalue weighted by Gasteiger charge is -2.35. The van der Waals surface area contributed by atoms with Gasteiger partial charge in [-0.1, -0.05) is 127 Å². The van der Waals surface area contributed by atoms with Gasteiger partial charge < -0.3 is 0 Å². The number of nitriles is 1. The van der Waals surface area contributed by atoms with E-state index in [0.717, 1.165) is 27.7 Å². The van der Waals surface area contributed by atoms with E-state index in [2.05, 4.69) is 115 Å². The van der Waals surface area contributed by atoms with Crippen LogP contribution in [0.1, 0.15) is 38.9 Å². The van der Waals surface area contributed by atoms with Crippen LogP contribution in [0.25, 0.3) is 56.8 Å². The number of para-hydroxylation sites is 1. The lowest BCUT2D eigenvalue weighted by molar-refractivity contribution is 0.766. The first-order valence-electron chi connectivity index (χ1n) is 15.1. The molecule has 0 saturated heterocycles. The van der Waals surface area contributed by atoms with Gasteiger partial charge in [0.2, 0.25) is 0 Å². The van der Waals surface area contributed by atoms with E-state index >= 15 is 0 Å². The highest BCUT2D eigenvalue weighted by molar-refractivity contribution is 5.95. The molecule has 45 heavy (non-hydrogen) atoms. The average molecular weight is 572 g/mol. The standard InChI is InChI=1S/C42H25N3/c43-26-27-17-19-30(20-18-27)40-34-12-4-8-16-39(34)44-41(45-40)31-23-24-33-32-11-3-7-15-37(32)42(38(33)25-31)35-13-5-1-9-28(35)21-22-29-10-2-6-14-36(29)42/h1-25H. The van der Waals surface area contributed by atoms with Gasteiger partial charge in [-0.05, 0) is 68.8 Å². The van der Waals surface area contributed by atoms with E-state index in [0.29, 0.717) is 11.4 Å². The van der Waals surface area contributed by atoms with Crippen molar-refractivity contribution in [3.8, 4) is 39.8 Å². The number of benzene rings is 6. The lowest BCUT2D eigenvalue weighted by Crippen LogP contribution is -2.30. The number of aromatic nitrogens is 2. The Kier molecular flexibility index (Phi) is 5.48. The maximum absolute atomic E-state index is 9.37. The highest BCUT2D eigenvalue weighted by Gasteiger charge is 2.48. The minimum Gasteiger partial charge on any atom is -0.228 e. The van der Waals surface area contributed by atoms with E-state index in [-0.39, 0.29) is 0 Å². The number of hydrogen-bond donors (Lipinski definition) is 0. The minimum atomic E-state index is -0.509. The molecule has 0 N–H and O–H groups in total. The molecule has 1 spiro atoms. The van der Waals surface area contributed by atoms with Crippen LogP contribution in [0, 0.1) is 11.3 Å². The first-order chi connectivity index (χ1) is 22.3. The Bertz CT molecular complexity index is 2340. The van der Waals surface area contributed by atoms with Gasteiger partial charge in [-0.3, -0.25) is 0 Å². The van der Waals surface area contributed by atoms with Crippen LogP contribution >= 0.6 is 0 Å². The van der Waals surface area contributed by atoms with Gasteiger partial charge in [-0.15, -0.1) is 0 Å². The Balaban J connectivity index is 1.34. The van der Waals surface area contributed by atoms with Crippen LogP contribution in [0.4, 0.5) is 0 Å². The van der Waals surface area contributed by atoms with E-state index in [4.69, 9.17) is 9.97 Å². The van der Waals surface area contributed by atoms with E-state index in [1.54, 1.807) is 0 Å². The summed E-state index contributed by atoms with van der Waals surface area (Å²) in [6, 6.07) is 51.1. The summed E-state index contributed by atoms with van der Waals surface area (Å²) in [4.78, 5) is 10.3. The molecule has 0 aliphatic heterocycles. The van der Waals surface area contributed by atoms with Crippen LogP contribution in [0.3, 0.4) is 0 Å². The first-order valence-corrected chi connectivity index (χ1v) is 15.1. The predicted molar refractivity (Wildman–Crippen MR) is 181 cm³/mol. The second kappa shape index (κ2) is 9.71. The van der Waals surface area contributed by atoms with Gasteiger partial charge in [-0.2, -0.15) is 5.26 Å². The average Bonchev–Trinajstić information content (AvgIpc) is 3.31. The SMILES string of the molecule is N#Cc1ccc(-c2nc(-c3ccc4c(c3)C3(c5ccccc5C=Cc5ccccc53)c3ccccc3-4)nc3ccccc23)cc1. The summed E-state index contributed by atoms with van der Waals surface area (Å²) in [5.74, 6) is 0.676. The maximum Gasteiger partial charge on any atom is 0.160 e. The molecule has 9 rings (SSSR count). The third-order valence-corrected chi connectivity index (χ3v) is 9.37. The Labute approximate surface area is 261 Å². The van der Waals surface area contributed by atoms with Crippen LogP contribution in [0.15, 0.2) is 140 Å². The number of nitrogens with zero attached hydrogens (tertiary/aromatic N) is 3. The van der Waals surface area contributed by atoms with Crippen LogP contribution < -0.4 is 0 Å². The van der Waals surface area contributed by atoms with Crippen molar-refractivity contribution in [2.45, 2.75) is 5.41 Å². The molecule has 3 nitrogen and oxygen atoms in total. The predicted octanol–water partition coefficient (Wildman–Crippen LogP) is 9.68. The molecule has 2 aliphatic rings. The Morgan fingerprint density at radius 1 is 0.511 bits per heavy atom. The molecular formula is C42H25N3. The molecule has 0 saturated carbocycles. The van der Waals surface area contributed by atoms with E-state index < -0.39 is 5.41 Å². The second-order valence-corrected chi connectivity index (χ2v) is 11.7. The van der Waals surface area contributed by atoms with Crippen LogP contribution in [0.2, 0.25) is 0 Å². The fourth-order valence-corrected chi connectivity index (χ4v) is 7.42. The highest BCUT2D eigenvalue weighted by Crippen LogP contribution is 2.58. The first kappa shape index (κ1) is 25.4. The Hall–Kier alpha value is -6.11. The van der Waals surface area contributed by atoms with Crippen molar-refractivity contribution in [3.05, 3.63) is 178 Å². The number of fused-ring (bicyclic) bond motifs is 10. The van der Waals surface area contributed by atoms with E-state index in [9.17, 15) is 5.26 Å². The fourth-order valence-electron chi connectivity index (χ4n) is 7.42. The van der Waals surface area contributed by atoms with Gasteiger partial charge in [0.15, 0.2) is 5.82 Å². The van der Waals surface area contributed by atoms with Gasteiger partial charge in [0.1, 0.15) is 0 Å². The molecule has 0 bridgehead atoms. The van der Waals surface area contributed by atoms with Gasteiger partial charge >= 0.3 is 0 Å². The van der Waals surface area contributed by atoms with Crippen LogP contribution in [-0.2, 0) is 5.41 Å². The summed E-state index contributed by atoms with van der Waals surface area (Å²) >= 11 is 0. The number of hydrogen-bond acceptors (Lipinski definition) is 3. The van der Waals surface area contributed by atoms with Gasteiger partial charge in [-0.25, -0.2) is 9.97 Å². The molecule has 0 unspecified atom stereocenters. The molecule has 7 aromatic rings. The van der Waals surface area contributed by atoms with E-state index in [1.165, 1.54) is 44.5 Å². The third-order valence-electron chi connectivity index (χ3n) is 9.37. The summed E-state index contributed by atoms with van der Waals surface area (Å²) in [6.07, 6.45) is 4.51. The highest BCUT2D eigenvalue weighted by atomic mass is 14.9. The molecule has 0 fully saturated rings. The van der Waals surface area contributed by atoms with E-state index in [1.807, 2.05) is 42.5 Å². The zero-order chi connectivity index (χ0) is 30.0. The van der Waals surface area contributed by atoms with Crippen molar-refractivity contribution >= 4 is 23.1 Å². The summed E-state index contributed by atoms with van der Waals surface area (Å²) in [6.45, 7) is 0. The maximum atomic E-state index is 9.37. The van der Waals surface area contributed by atoms with Crippen molar-refractivity contribution in [2.24, 2.45) is 0 Å². The summed E-state index contributed by atoms with van der Waals surface area (Å²) in [5.41, 5.74) is 13.8. The molecule has 3 heteroatoms. The van der Waals surface area contributed by atoms with Gasteiger partial charge in [0.25, 0.3) is 0 Å². The molecule has 0 atom stereocenters. The van der Waals surface area contributed by atoms with Crippen molar-refractivity contribution in [1.82, 2.24) is 9.97 Å². The normalized spacial score (nSPS) is 13.4. The largest absolute Gasteiger partial charge is 0.228 e. The van der Waals surface area contributed by atoms with Crippen molar-refractivity contribution in [3.63, 3.8) is 0 Å². The van der Waals surface area contributed by atoms with Crippen LogP contribution in [-0.4, -0.2) is 9.97 Å². The number of rotatable bonds is 2. The molecular weight excluding hydrogens is 546 g/mol. The van der Waals surface area contributed by atoms with Crippen molar-refractivity contribution in [1.29, 1.82) is 5.26 Å². The smallest absolute Gasteiger partial charge is 0.160 e. The van der Waals surface area contributed by atoms with Crippen LogP contribution in [0.5, 0.6) is 0 Å². The monoisotopic (exact) mass is 571 g/mol. The second-order valence-electron chi connectivity index (χ2n) is 11.7. The quantitative estimate of drug-likeness (QED) is 0.208. The van der Waals surface area contributed by atoms with Gasteiger partial charge in [0, 0.05) is 16.5 Å². The molecule has 2 aliphatic carbocycles. The summed E-state index contributed by atoms with van der Waals surface area (Å²) in [7, 11) is 0. The topological polar surface area (TPSA) is 49.6 Å². The molecule has 0 radical (unpaired) electrons. The van der Waals surface area contributed by atoms with Crippen molar-refractivity contribution in [2.75, 3.05) is 0 Å². The fraction of sp³-hybridized carbons (Fsp3) is 0.0238. The Morgan fingerprint density at radius 3 is 1.84 bits per heavy atom. The zero-order valence-corrected chi connectivity index (χ0v) is 24.3. The zero-order valence-electron chi connectivity index (χ0n) is 24.3. The molecule has 1 aromatic heterocycles. The molecule has 0 amide bonds. The lowest BCUT2D eigenvalue weighted by atomic mass is 9.66. The van der Waals surface area contributed by atoms with Crippen molar-refractivity contribution < 1.29 is 0 Å². The summed E-state index contributed by atoms with van der Waals surface area (Å²) < 4.78 is 0. The molecule has 6 aromatic carbocycles. The third kappa shape index (κ3) is 3.63. The summed E-state index contributed by atoms with van der Waals surface area (Å²) in [5, 5.41) is 10.4. The molecule has 1 heterocycles. The minimum absolute atomic E-state index is 0.509.